The number of rotatable bonds is 4. The fourth-order valence-electron chi connectivity index (χ4n) is 1.11. The molecule has 0 aromatic carbocycles. The van der Waals surface area contributed by atoms with Crippen LogP contribution in [0.25, 0.3) is 0 Å². The molecule has 0 fully saturated rings. The SMILES string of the molecule is CC(C)(O)C(C)(C)OB(O)c1ccnc(F)c1Cl. The van der Waals surface area contributed by atoms with Crippen LogP contribution < -0.4 is 5.46 Å². The number of hydrogen-bond acceptors (Lipinski definition) is 4. The van der Waals surface area contributed by atoms with Crippen LogP contribution >= 0.6 is 11.6 Å². The Labute approximate surface area is 111 Å². The van der Waals surface area contributed by atoms with Crippen molar-refractivity contribution in [3.8, 4) is 0 Å². The van der Waals surface area contributed by atoms with Gasteiger partial charge >= 0.3 is 7.12 Å². The molecule has 0 saturated heterocycles. The summed E-state index contributed by atoms with van der Waals surface area (Å²) in [6, 6.07) is 1.36. The van der Waals surface area contributed by atoms with Crippen molar-refractivity contribution in [2.45, 2.75) is 38.9 Å². The second-order valence-corrected chi connectivity index (χ2v) is 5.42. The molecule has 0 aliphatic rings. The molecule has 0 radical (unpaired) electrons. The lowest BCUT2D eigenvalue weighted by atomic mass is 9.77. The van der Waals surface area contributed by atoms with Crippen molar-refractivity contribution in [1.29, 1.82) is 0 Å². The van der Waals surface area contributed by atoms with Crippen LogP contribution in [0.4, 0.5) is 4.39 Å². The molecule has 1 heterocycles. The molecule has 1 rings (SSSR count). The smallest absolute Gasteiger partial charge is 0.423 e. The van der Waals surface area contributed by atoms with E-state index in [1.165, 1.54) is 12.3 Å². The van der Waals surface area contributed by atoms with E-state index in [0.717, 1.165) is 0 Å². The van der Waals surface area contributed by atoms with Gasteiger partial charge in [-0.25, -0.2) is 4.98 Å². The van der Waals surface area contributed by atoms with E-state index in [-0.39, 0.29) is 10.5 Å². The standard InChI is InChI=1S/C11H16BClFNO3/c1-10(2,16)11(3,4)18-12(17)7-5-6-15-9(14)8(7)13/h5-6,16-17H,1-4H3. The Morgan fingerprint density at radius 3 is 2.44 bits per heavy atom. The van der Waals surface area contributed by atoms with Crippen molar-refractivity contribution >= 4 is 24.2 Å². The van der Waals surface area contributed by atoms with Crippen LogP contribution in [-0.4, -0.2) is 33.4 Å². The van der Waals surface area contributed by atoms with Crippen LogP contribution in [0.2, 0.25) is 5.02 Å². The Hall–Kier alpha value is -0.685. The van der Waals surface area contributed by atoms with Gasteiger partial charge in [-0.05, 0) is 33.8 Å². The van der Waals surface area contributed by atoms with E-state index in [0.29, 0.717) is 0 Å². The molecule has 4 nitrogen and oxygen atoms in total. The molecule has 0 bridgehead atoms. The Morgan fingerprint density at radius 1 is 1.39 bits per heavy atom. The zero-order chi connectivity index (χ0) is 14.1. The van der Waals surface area contributed by atoms with E-state index in [1.54, 1.807) is 27.7 Å². The van der Waals surface area contributed by atoms with Crippen LogP contribution in [-0.2, 0) is 4.65 Å². The molecule has 0 unspecified atom stereocenters. The summed E-state index contributed by atoms with van der Waals surface area (Å²) in [5, 5.41) is 19.5. The normalized spacial score (nSPS) is 12.7. The largest absolute Gasteiger partial charge is 0.493 e. The zero-order valence-electron chi connectivity index (χ0n) is 10.7. The molecule has 7 heteroatoms. The summed E-state index contributed by atoms with van der Waals surface area (Å²) in [5.41, 5.74) is -2.16. The molecule has 18 heavy (non-hydrogen) atoms. The summed E-state index contributed by atoms with van der Waals surface area (Å²) in [5.74, 6) is -0.877. The van der Waals surface area contributed by atoms with E-state index in [1.807, 2.05) is 0 Å². The Bertz CT molecular complexity index is 437. The van der Waals surface area contributed by atoms with Gasteiger partial charge in [0.15, 0.2) is 0 Å². The third kappa shape index (κ3) is 3.20. The van der Waals surface area contributed by atoms with Gasteiger partial charge < -0.3 is 14.8 Å². The number of aromatic nitrogens is 1. The summed E-state index contributed by atoms with van der Waals surface area (Å²) >= 11 is 5.69. The van der Waals surface area contributed by atoms with Crippen LogP contribution in [0.15, 0.2) is 12.3 Å². The molecule has 100 valence electrons. The van der Waals surface area contributed by atoms with E-state index >= 15 is 0 Å². The van der Waals surface area contributed by atoms with Gasteiger partial charge in [-0.2, -0.15) is 4.39 Å². The van der Waals surface area contributed by atoms with Gasteiger partial charge in [-0.3, -0.25) is 0 Å². The van der Waals surface area contributed by atoms with E-state index in [9.17, 15) is 14.5 Å². The fraction of sp³-hybridized carbons (Fsp3) is 0.545. The molecule has 0 atom stereocenters. The summed E-state index contributed by atoms with van der Waals surface area (Å²) < 4.78 is 18.5. The van der Waals surface area contributed by atoms with Crippen LogP contribution in [0, 0.1) is 5.95 Å². The highest BCUT2D eigenvalue weighted by atomic mass is 35.5. The van der Waals surface area contributed by atoms with Crippen LogP contribution in [0.1, 0.15) is 27.7 Å². The fourth-order valence-corrected chi connectivity index (χ4v) is 1.31. The molecule has 0 amide bonds. The second kappa shape index (κ2) is 5.13. The Balaban J connectivity index is 2.96. The quantitative estimate of drug-likeness (QED) is 0.639. The van der Waals surface area contributed by atoms with Crippen molar-refractivity contribution in [1.82, 2.24) is 4.98 Å². The average Bonchev–Trinajstić information content (AvgIpc) is 2.19. The maximum Gasteiger partial charge on any atom is 0.493 e. The van der Waals surface area contributed by atoms with Gasteiger partial charge in [0.25, 0.3) is 0 Å². The first-order chi connectivity index (χ1) is 8.06. The minimum Gasteiger partial charge on any atom is -0.423 e. The maximum atomic E-state index is 13.1. The third-order valence-electron chi connectivity index (χ3n) is 3.02. The molecule has 2 N–H and O–H groups in total. The maximum absolute atomic E-state index is 13.1. The third-order valence-corrected chi connectivity index (χ3v) is 3.40. The first-order valence-corrected chi connectivity index (χ1v) is 5.82. The van der Waals surface area contributed by atoms with E-state index < -0.39 is 24.3 Å². The Kier molecular flexibility index (Phi) is 4.38. The van der Waals surface area contributed by atoms with Crippen molar-refractivity contribution in [3.63, 3.8) is 0 Å². The van der Waals surface area contributed by atoms with E-state index in [2.05, 4.69) is 4.98 Å². The molecular weight excluding hydrogens is 259 g/mol. The molecule has 0 aliphatic heterocycles. The van der Waals surface area contributed by atoms with Crippen molar-refractivity contribution in [2.75, 3.05) is 0 Å². The van der Waals surface area contributed by atoms with Gasteiger partial charge in [0, 0.05) is 11.7 Å². The minimum atomic E-state index is -1.45. The number of pyridine rings is 1. The number of aliphatic hydroxyl groups is 1. The summed E-state index contributed by atoms with van der Waals surface area (Å²) in [6.45, 7) is 6.33. The summed E-state index contributed by atoms with van der Waals surface area (Å²) in [7, 11) is -1.45. The van der Waals surface area contributed by atoms with Crippen molar-refractivity contribution in [3.05, 3.63) is 23.2 Å². The molecular formula is C11H16BClFNO3. The predicted molar refractivity (Wildman–Crippen MR) is 68.3 cm³/mol. The number of hydrogen-bond donors (Lipinski definition) is 2. The number of nitrogens with zero attached hydrogens (tertiary/aromatic N) is 1. The lowest BCUT2D eigenvalue weighted by Gasteiger charge is -2.38. The summed E-state index contributed by atoms with van der Waals surface area (Å²) in [6.07, 6.45) is 1.18. The van der Waals surface area contributed by atoms with Crippen molar-refractivity contribution < 1.29 is 19.2 Å². The topological polar surface area (TPSA) is 62.6 Å². The lowest BCUT2D eigenvalue weighted by Crippen LogP contribution is -2.53. The molecule has 1 aromatic heterocycles. The zero-order valence-corrected chi connectivity index (χ0v) is 11.5. The first kappa shape index (κ1) is 15.4. The predicted octanol–water partition coefficient (Wildman–Crippen LogP) is 1.13. The highest BCUT2D eigenvalue weighted by Gasteiger charge is 2.40. The van der Waals surface area contributed by atoms with Crippen molar-refractivity contribution in [2.24, 2.45) is 0 Å². The Morgan fingerprint density at radius 2 is 1.94 bits per heavy atom. The van der Waals surface area contributed by atoms with E-state index in [4.69, 9.17) is 16.3 Å². The minimum absolute atomic E-state index is 0.0708. The average molecular weight is 276 g/mol. The van der Waals surface area contributed by atoms with Gasteiger partial charge in [0.1, 0.15) is 0 Å². The van der Waals surface area contributed by atoms with Gasteiger partial charge in [-0.1, -0.05) is 11.6 Å². The van der Waals surface area contributed by atoms with Gasteiger partial charge in [0.05, 0.1) is 16.2 Å². The molecule has 1 aromatic rings. The van der Waals surface area contributed by atoms with Gasteiger partial charge in [-0.15, -0.1) is 0 Å². The summed E-state index contributed by atoms with van der Waals surface area (Å²) in [4.78, 5) is 3.35. The highest BCUT2D eigenvalue weighted by Crippen LogP contribution is 2.25. The first-order valence-electron chi connectivity index (χ1n) is 5.44. The van der Waals surface area contributed by atoms with Gasteiger partial charge in [0.2, 0.25) is 5.95 Å². The second-order valence-electron chi connectivity index (χ2n) is 5.04. The molecule has 0 saturated carbocycles. The van der Waals surface area contributed by atoms with Crippen LogP contribution in [0.5, 0.6) is 0 Å². The molecule has 0 spiro atoms. The number of halogens is 2. The monoisotopic (exact) mass is 275 g/mol. The lowest BCUT2D eigenvalue weighted by molar-refractivity contribution is -0.0982. The highest BCUT2D eigenvalue weighted by molar-refractivity contribution is 6.63. The van der Waals surface area contributed by atoms with Crippen LogP contribution in [0.3, 0.4) is 0 Å². The molecule has 0 aliphatic carbocycles.